The van der Waals surface area contributed by atoms with Gasteiger partial charge in [-0.3, -0.25) is 4.79 Å². The zero-order chi connectivity index (χ0) is 11.7. The van der Waals surface area contributed by atoms with Crippen LogP contribution >= 0.6 is 0 Å². The largest absolute Gasteiger partial charge is 0.508 e. The zero-order valence-electron chi connectivity index (χ0n) is 8.76. The second-order valence-electron chi connectivity index (χ2n) is 4.00. The van der Waals surface area contributed by atoms with Crippen molar-refractivity contribution in [2.45, 2.75) is 12.5 Å². The molecule has 1 aromatic rings. The van der Waals surface area contributed by atoms with E-state index in [4.69, 9.17) is 5.73 Å². The number of carbonyl (C=O) groups is 1. The maximum atomic E-state index is 12.0. The summed E-state index contributed by atoms with van der Waals surface area (Å²) in [5, 5.41) is 18.8. The Hall–Kier alpha value is -1.75. The highest BCUT2D eigenvalue weighted by molar-refractivity contribution is 5.97. The fourth-order valence-electron chi connectivity index (χ4n) is 1.84. The molecule has 1 amide bonds. The van der Waals surface area contributed by atoms with Gasteiger partial charge < -0.3 is 20.8 Å². The number of phenols is 2. The second kappa shape index (κ2) is 4.02. The van der Waals surface area contributed by atoms with E-state index < -0.39 is 0 Å². The lowest BCUT2D eigenvalue weighted by atomic mass is 10.1. The predicted molar refractivity (Wildman–Crippen MR) is 58.3 cm³/mol. The molecule has 0 saturated carbocycles. The molecule has 1 atom stereocenters. The van der Waals surface area contributed by atoms with Gasteiger partial charge in [0.05, 0.1) is 5.56 Å². The highest BCUT2D eigenvalue weighted by atomic mass is 16.3. The van der Waals surface area contributed by atoms with Crippen molar-refractivity contribution in [3.05, 3.63) is 23.8 Å². The molecule has 1 saturated heterocycles. The first-order valence-electron chi connectivity index (χ1n) is 5.15. The average molecular weight is 222 g/mol. The molecule has 1 heterocycles. The van der Waals surface area contributed by atoms with Crippen LogP contribution < -0.4 is 5.73 Å². The number of nitrogens with two attached hydrogens (primary N) is 1. The van der Waals surface area contributed by atoms with Crippen molar-refractivity contribution < 1.29 is 15.0 Å². The van der Waals surface area contributed by atoms with Gasteiger partial charge >= 0.3 is 0 Å². The fraction of sp³-hybridized carbons (Fsp3) is 0.364. The Bertz CT molecular complexity index is 420. The summed E-state index contributed by atoms with van der Waals surface area (Å²) in [7, 11) is 0. The molecule has 5 heteroatoms. The molecule has 5 nitrogen and oxygen atoms in total. The van der Waals surface area contributed by atoms with Crippen molar-refractivity contribution in [3.8, 4) is 11.5 Å². The van der Waals surface area contributed by atoms with Gasteiger partial charge in [-0.15, -0.1) is 0 Å². The smallest absolute Gasteiger partial charge is 0.257 e. The molecule has 4 N–H and O–H groups in total. The van der Waals surface area contributed by atoms with Crippen molar-refractivity contribution >= 4 is 5.91 Å². The van der Waals surface area contributed by atoms with E-state index in [1.807, 2.05) is 0 Å². The molecule has 1 fully saturated rings. The summed E-state index contributed by atoms with van der Waals surface area (Å²) in [6, 6.07) is 3.91. The molecule has 2 rings (SSSR count). The maximum absolute atomic E-state index is 12.0. The van der Waals surface area contributed by atoms with Gasteiger partial charge in [0.1, 0.15) is 11.5 Å². The number of carbonyl (C=O) groups excluding carboxylic acids is 1. The summed E-state index contributed by atoms with van der Waals surface area (Å²) in [5.74, 6) is -0.450. The van der Waals surface area contributed by atoms with Gasteiger partial charge in [-0.05, 0) is 24.6 Å². The van der Waals surface area contributed by atoms with Crippen molar-refractivity contribution in [1.29, 1.82) is 0 Å². The van der Waals surface area contributed by atoms with E-state index in [1.165, 1.54) is 18.2 Å². The highest BCUT2D eigenvalue weighted by Gasteiger charge is 2.26. The number of hydrogen-bond acceptors (Lipinski definition) is 4. The third kappa shape index (κ3) is 1.94. The number of nitrogens with zero attached hydrogens (tertiary/aromatic N) is 1. The van der Waals surface area contributed by atoms with Crippen LogP contribution in [0.1, 0.15) is 16.8 Å². The van der Waals surface area contributed by atoms with Crippen LogP contribution in [0.15, 0.2) is 18.2 Å². The van der Waals surface area contributed by atoms with E-state index in [0.717, 1.165) is 6.42 Å². The van der Waals surface area contributed by atoms with E-state index >= 15 is 0 Å². The average Bonchev–Trinajstić information content (AvgIpc) is 2.67. The lowest BCUT2D eigenvalue weighted by Gasteiger charge is -2.16. The second-order valence-corrected chi connectivity index (χ2v) is 4.00. The topological polar surface area (TPSA) is 86.8 Å². The normalized spacial score (nSPS) is 20.1. The van der Waals surface area contributed by atoms with E-state index in [0.29, 0.717) is 13.1 Å². The van der Waals surface area contributed by atoms with Gasteiger partial charge in [0, 0.05) is 19.1 Å². The SMILES string of the molecule is NC1CCN(C(=O)c2cc(O)ccc2O)C1. The van der Waals surface area contributed by atoms with Gasteiger partial charge in [-0.2, -0.15) is 0 Å². The standard InChI is InChI=1S/C11H14N2O3/c12-7-3-4-13(6-7)11(16)9-5-8(14)1-2-10(9)15/h1-2,5,7,14-15H,3-4,6,12H2. The molecular weight excluding hydrogens is 208 g/mol. The Morgan fingerprint density at radius 1 is 1.44 bits per heavy atom. The third-order valence-electron chi connectivity index (χ3n) is 2.72. The van der Waals surface area contributed by atoms with E-state index in [2.05, 4.69) is 0 Å². The van der Waals surface area contributed by atoms with E-state index in [-0.39, 0.29) is 29.0 Å². The van der Waals surface area contributed by atoms with Gasteiger partial charge in [0.15, 0.2) is 0 Å². The molecular formula is C11H14N2O3. The molecule has 1 aliphatic rings. The molecule has 0 radical (unpaired) electrons. The first-order valence-corrected chi connectivity index (χ1v) is 5.15. The number of hydrogen-bond donors (Lipinski definition) is 3. The van der Waals surface area contributed by atoms with Crippen LogP contribution in [0.5, 0.6) is 11.5 Å². The summed E-state index contributed by atoms with van der Waals surface area (Å²) >= 11 is 0. The molecule has 0 bridgehead atoms. The number of aromatic hydroxyl groups is 2. The van der Waals surface area contributed by atoms with Gasteiger partial charge in [-0.25, -0.2) is 0 Å². The van der Waals surface area contributed by atoms with Crippen LogP contribution in [0, 0.1) is 0 Å². The van der Waals surface area contributed by atoms with Crippen molar-refractivity contribution in [2.75, 3.05) is 13.1 Å². The van der Waals surface area contributed by atoms with Crippen LogP contribution in [0.3, 0.4) is 0 Å². The number of rotatable bonds is 1. The Morgan fingerprint density at radius 2 is 2.19 bits per heavy atom. The lowest BCUT2D eigenvalue weighted by molar-refractivity contribution is 0.0787. The van der Waals surface area contributed by atoms with Crippen LogP contribution in [0.4, 0.5) is 0 Å². The fourth-order valence-corrected chi connectivity index (χ4v) is 1.84. The van der Waals surface area contributed by atoms with Crippen LogP contribution in [0.25, 0.3) is 0 Å². The summed E-state index contributed by atoms with van der Waals surface area (Å²) in [5.41, 5.74) is 5.82. The molecule has 1 aromatic carbocycles. The Labute approximate surface area is 93.1 Å². The van der Waals surface area contributed by atoms with E-state index in [9.17, 15) is 15.0 Å². The minimum Gasteiger partial charge on any atom is -0.508 e. The summed E-state index contributed by atoms with van der Waals surface area (Å²) in [4.78, 5) is 13.5. The Morgan fingerprint density at radius 3 is 2.81 bits per heavy atom. The Kier molecular flexibility index (Phi) is 2.70. The molecule has 1 aliphatic heterocycles. The van der Waals surface area contributed by atoms with Crippen LogP contribution in [-0.2, 0) is 0 Å². The molecule has 0 spiro atoms. The van der Waals surface area contributed by atoms with Gasteiger partial charge in [0.25, 0.3) is 5.91 Å². The summed E-state index contributed by atoms with van der Waals surface area (Å²) < 4.78 is 0. The number of phenolic OH excluding ortho intramolecular Hbond substituents is 2. The Balaban J connectivity index is 2.23. The third-order valence-corrected chi connectivity index (χ3v) is 2.72. The molecule has 1 unspecified atom stereocenters. The summed E-state index contributed by atoms with van der Waals surface area (Å²) in [6.45, 7) is 1.09. The number of likely N-dealkylation sites (tertiary alicyclic amines) is 1. The van der Waals surface area contributed by atoms with E-state index in [1.54, 1.807) is 4.90 Å². The minimum absolute atomic E-state index is 0.00315. The first kappa shape index (κ1) is 10.8. The molecule has 0 aromatic heterocycles. The zero-order valence-corrected chi connectivity index (χ0v) is 8.76. The predicted octanol–water partition coefficient (Wildman–Crippen LogP) is 0.271. The van der Waals surface area contributed by atoms with Crippen LogP contribution in [-0.4, -0.2) is 40.2 Å². The van der Waals surface area contributed by atoms with Crippen molar-refractivity contribution in [1.82, 2.24) is 4.90 Å². The van der Waals surface area contributed by atoms with Crippen LogP contribution in [0.2, 0.25) is 0 Å². The molecule has 0 aliphatic carbocycles. The van der Waals surface area contributed by atoms with Gasteiger partial charge in [-0.1, -0.05) is 0 Å². The quantitative estimate of drug-likeness (QED) is 0.595. The highest BCUT2D eigenvalue weighted by Crippen LogP contribution is 2.24. The summed E-state index contributed by atoms with van der Waals surface area (Å²) in [6.07, 6.45) is 0.769. The number of amides is 1. The van der Waals surface area contributed by atoms with Crippen molar-refractivity contribution in [2.24, 2.45) is 5.73 Å². The van der Waals surface area contributed by atoms with Crippen molar-refractivity contribution in [3.63, 3.8) is 0 Å². The maximum Gasteiger partial charge on any atom is 0.257 e. The number of benzene rings is 1. The molecule has 16 heavy (non-hydrogen) atoms. The van der Waals surface area contributed by atoms with Gasteiger partial charge in [0.2, 0.25) is 0 Å². The first-order chi connectivity index (χ1) is 7.58. The monoisotopic (exact) mass is 222 g/mol. The minimum atomic E-state index is -0.290. The molecule has 86 valence electrons. The lowest BCUT2D eigenvalue weighted by Crippen LogP contribution is -2.31.